The highest BCUT2D eigenvalue weighted by Crippen LogP contribution is 2.21. The quantitative estimate of drug-likeness (QED) is 0.873. The van der Waals surface area contributed by atoms with E-state index in [1.54, 1.807) is 0 Å². The van der Waals surface area contributed by atoms with Crippen LogP contribution in [-0.2, 0) is 13.0 Å². The van der Waals surface area contributed by atoms with Crippen LogP contribution in [0.5, 0.6) is 0 Å². The highest BCUT2D eigenvalue weighted by molar-refractivity contribution is 7.11. The Bertz CT molecular complexity index is 327. The van der Waals surface area contributed by atoms with Gasteiger partial charge >= 0.3 is 0 Å². The van der Waals surface area contributed by atoms with Gasteiger partial charge in [0.1, 0.15) is 0 Å². The molecule has 1 atom stereocenters. The van der Waals surface area contributed by atoms with Gasteiger partial charge in [0.25, 0.3) is 0 Å². The van der Waals surface area contributed by atoms with E-state index < -0.39 is 0 Å². The van der Waals surface area contributed by atoms with E-state index in [2.05, 4.69) is 16.8 Å². The molecule has 2 rings (SSSR count). The van der Waals surface area contributed by atoms with E-state index in [0.717, 1.165) is 26.1 Å². The molecule has 4 heteroatoms. The Labute approximate surface area is 101 Å². The number of piperidine rings is 1. The molecule has 0 spiro atoms. The molecule has 1 aliphatic heterocycles. The zero-order valence-corrected chi connectivity index (χ0v) is 10.7. The second-order valence-electron chi connectivity index (χ2n) is 4.50. The van der Waals surface area contributed by atoms with Crippen LogP contribution in [0, 0.1) is 5.92 Å². The van der Waals surface area contributed by atoms with Crippen molar-refractivity contribution in [3.8, 4) is 0 Å². The third-order valence-corrected chi connectivity index (χ3v) is 4.27. The summed E-state index contributed by atoms with van der Waals surface area (Å²) in [6.07, 6.45) is 5.43. The number of thiazole rings is 1. The lowest BCUT2D eigenvalue weighted by Crippen LogP contribution is -2.36. The number of aryl methyl sites for hydroxylation is 1. The number of hydrogen-bond donors (Lipinski definition) is 1. The summed E-state index contributed by atoms with van der Waals surface area (Å²) < 4.78 is 0. The zero-order valence-electron chi connectivity index (χ0n) is 9.85. The molecule has 1 unspecified atom stereocenters. The molecule has 1 saturated heterocycles. The third-order valence-electron chi connectivity index (χ3n) is 3.14. The van der Waals surface area contributed by atoms with Gasteiger partial charge in [-0.15, -0.1) is 11.3 Å². The van der Waals surface area contributed by atoms with E-state index in [-0.39, 0.29) is 0 Å². The van der Waals surface area contributed by atoms with E-state index in [1.165, 1.54) is 22.7 Å². The van der Waals surface area contributed by atoms with Crippen LogP contribution in [0.15, 0.2) is 6.20 Å². The van der Waals surface area contributed by atoms with Gasteiger partial charge in [-0.3, -0.25) is 4.90 Å². The maximum atomic E-state index is 9.18. The molecule has 1 aromatic heterocycles. The minimum atomic E-state index is 0.333. The molecule has 0 bridgehead atoms. The van der Waals surface area contributed by atoms with Crippen molar-refractivity contribution in [3.63, 3.8) is 0 Å². The molecular weight excluding hydrogens is 220 g/mol. The van der Waals surface area contributed by atoms with Crippen molar-refractivity contribution in [1.29, 1.82) is 0 Å². The van der Waals surface area contributed by atoms with Crippen molar-refractivity contribution in [3.05, 3.63) is 16.1 Å². The number of nitrogens with zero attached hydrogens (tertiary/aromatic N) is 2. The maximum Gasteiger partial charge on any atom is 0.0925 e. The van der Waals surface area contributed by atoms with Crippen molar-refractivity contribution >= 4 is 11.3 Å². The van der Waals surface area contributed by atoms with Crippen LogP contribution >= 0.6 is 11.3 Å². The molecule has 1 fully saturated rings. The van der Waals surface area contributed by atoms with Crippen molar-refractivity contribution < 1.29 is 5.11 Å². The lowest BCUT2D eigenvalue weighted by molar-refractivity contribution is 0.116. The van der Waals surface area contributed by atoms with E-state index in [4.69, 9.17) is 0 Å². The molecule has 1 N–H and O–H groups in total. The zero-order chi connectivity index (χ0) is 11.4. The molecule has 2 heterocycles. The van der Waals surface area contributed by atoms with Crippen LogP contribution in [0.4, 0.5) is 0 Å². The minimum absolute atomic E-state index is 0.333. The fourth-order valence-electron chi connectivity index (χ4n) is 2.25. The Morgan fingerprint density at radius 2 is 2.50 bits per heavy atom. The molecule has 0 amide bonds. The van der Waals surface area contributed by atoms with Gasteiger partial charge in [0.15, 0.2) is 0 Å². The Balaban J connectivity index is 1.88. The molecule has 1 aliphatic rings. The molecule has 0 radical (unpaired) electrons. The Kier molecular flexibility index (Phi) is 4.32. The topological polar surface area (TPSA) is 36.4 Å². The van der Waals surface area contributed by atoms with Crippen LogP contribution in [0.1, 0.15) is 29.7 Å². The SMILES string of the molecule is CCc1ncc(CN2CCCC(CO)C2)s1. The first-order valence-corrected chi connectivity index (χ1v) is 6.90. The van der Waals surface area contributed by atoms with Crippen molar-refractivity contribution in [1.82, 2.24) is 9.88 Å². The highest BCUT2D eigenvalue weighted by atomic mass is 32.1. The van der Waals surface area contributed by atoms with Crippen molar-refractivity contribution in [2.75, 3.05) is 19.7 Å². The van der Waals surface area contributed by atoms with E-state index in [9.17, 15) is 5.11 Å². The van der Waals surface area contributed by atoms with Crippen LogP contribution in [0.2, 0.25) is 0 Å². The molecular formula is C12H20N2OS. The predicted molar refractivity (Wildman–Crippen MR) is 66.6 cm³/mol. The summed E-state index contributed by atoms with van der Waals surface area (Å²) in [4.78, 5) is 8.18. The summed E-state index contributed by atoms with van der Waals surface area (Å²) in [7, 11) is 0. The van der Waals surface area contributed by atoms with Gasteiger partial charge in [-0.05, 0) is 31.7 Å². The lowest BCUT2D eigenvalue weighted by Gasteiger charge is -2.31. The Hall–Kier alpha value is -0.450. The molecule has 0 aliphatic carbocycles. The summed E-state index contributed by atoms with van der Waals surface area (Å²) in [6.45, 7) is 5.69. The molecule has 0 saturated carbocycles. The first-order valence-electron chi connectivity index (χ1n) is 6.08. The summed E-state index contributed by atoms with van der Waals surface area (Å²) in [6, 6.07) is 0. The van der Waals surface area contributed by atoms with Gasteiger partial charge in [0, 0.05) is 30.8 Å². The monoisotopic (exact) mass is 240 g/mol. The van der Waals surface area contributed by atoms with Crippen LogP contribution < -0.4 is 0 Å². The smallest absolute Gasteiger partial charge is 0.0925 e. The van der Waals surface area contributed by atoms with Gasteiger partial charge in [-0.2, -0.15) is 0 Å². The summed E-state index contributed by atoms with van der Waals surface area (Å²) in [5.41, 5.74) is 0. The van der Waals surface area contributed by atoms with Crippen molar-refractivity contribution in [2.24, 2.45) is 5.92 Å². The standard InChI is InChI=1S/C12H20N2OS/c1-2-12-13-6-11(16-12)8-14-5-3-4-10(7-14)9-15/h6,10,15H,2-5,7-9H2,1H3. The molecule has 16 heavy (non-hydrogen) atoms. The summed E-state index contributed by atoms with van der Waals surface area (Å²) in [5.74, 6) is 0.479. The fraction of sp³-hybridized carbons (Fsp3) is 0.750. The number of aromatic nitrogens is 1. The van der Waals surface area contributed by atoms with E-state index >= 15 is 0 Å². The lowest BCUT2D eigenvalue weighted by atomic mass is 9.99. The predicted octanol–water partition coefficient (Wildman–Crippen LogP) is 1.91. The number of aliphatic hydroxyl groups excluding tert-OH is 1. The van der Waals surface area contributed by atoms with Gasteiger partial charge in [-0.1, -0.05) is 6.92 Å². The molecule has 3 nitrogen and oxygen atoms in total. The Morgan fingerprint density at radius 3 is 3.19 bits per heavy atom. The number of aliphatic hydroxyl groups is 1. The average molecular weight is 240 g/mol. The summed E-state index contributed by atoms with van der Waals surface area (Å²) in [5, 5.41) is 10.4. The first kappa shape index (κ1) is 12.0. The fourth-order valence-corrected chi connectivity index (χ4v) is 3.15. The van der Waals surface area contributed by atoms with Crippen LogP contribution in [0.3, 0.4) is 0 Å². The van der Waals surface area contributed by atoms with Gasteiger partial charge in [-0.25, -0.2) is 4.98 Å². The maximum absolute atomic E-state index is 9.18. The molecule has 0 aromatic carbocycles. The number of likely N-dealkylation sites (tertiary alicyclic amines) is 1. The molecule has 1 aromatic rings. The summed E-state index contributed by atoms with van der Waals surface area (Å²) >= 11 is 1.82. The van der Waals surface area contributed by atoms with E-state index in [1.807, 2.05) is 17.5 Å². The first-order chi connectivity index (χ1) is 7.81. The minimum Gasteiger partial charge on any atom is -0.396 e. The highest BCUT2D eigenvalue weighted by Gasteiger charge is 2.19. The molecule has 90 valence electrons. The van der Waals surface area contributed by atoms with E-state index in [0.29, 0.717) is 12.5 Å². The number of hydrogen-bond acceptors (Lipinski definition) is 4. The normalized spacial score (nSPS) is 22.5. The van der Waals surface area contributed by atoms with Gasteiger partial charge in [0.2, 0.25) is 0 Å². The second kappa shape index (κ2) is 5.75. The van der Waals surface area contributed by atoms with Gasteiger partial charge in [0.05, 0.1) is 5.01 Å². The largest absolute Gasteiger partial charge is 0.396 e. The van der Waals surface area contributed by atoms with Gasteiger partial charge < -0.3 is 5.11 Å². The Morgan fingerprint density at radius 1 is 1.62 bits per heavy atom. The van der Waals surface area contributed by atoms with Crippen molar-refractivity contribution in [2.45, 2.75) is 32.7 Å². The third kappa shape index (κ3) is 3.03. The number of rotatable bonds is 4. The van der Waals surface area contributed by atoms with Crippen LogP contribution in [-0.4, -0.2) is 34.7 Å². The second-order valence-corrected chi connectivity index (χ2v) is 5.70. The van der Waals surface area contributed by atoms with Crippen LogP contribution in [0.25, 0.3) is 0 Å². The average Bonchev–Trinajstić information content (AvgIpc) is 2.77.